The van der Waals surface area contributed by atoms with Crippen LogP contribution in [0.4, 0.5) is 16.2 Å². The summed E-state index contributed by atoms with van der Waals surface area (Å²) >= 11 is 0. The van der Waals surface area contributed by atoms with Gasteiger partial charge in [-0.05, 0) is 80.5 Å². The Kier molecular flexibility index (Phi) is 3.74. The monoisotopic (exact) mass is 327 g/mol. The normalized spacial score (nSPS) is 33.1. The molecular weight excluding hydrogens is 302 g/mol. The lowest BCUT2D eigenvalue weighted by Gasteiger charge is -2.55. The molecule has 0 radical (unpaired) electrons. The number of nitrogens with one attached hydrogen (secondary N) is 3. The molecule has 0 aliphatic heterocycles. The van der Waals surface area contributed by atoms with Crippen LogP contribution in [0.25, 0.3) is 0 Å². The maximum atomic E-state index is 13.0. The molecule has 0 aromatic heterocycles. The second-order valence-electron chi connectivity index (χ2n) is 7.93. The molecule has 4 saturated carbocycles. The number of hydrogen-bond acceptors (Lipinski definition) is 2. The van der Waals surface area contributed by atoms with Crippen molar-refractivity contribution >= 4 is 23.3 Å². The highest BCUT2D eigenvalue weighted by molar-refractivity contribution is 5.96. The van der Waals surface area contributed by atoms with Gasteiger partial charge in [-0.2, -0.15) is 0 Å². The van der Waals surface area contributed by atoms with Crippen LogP contribution >= 0.6 is 0 Å². The lowest BCUT2D eigenvalue weighted by molar-refractivity contribution is -0.140. The first kappa shape index (κ1) is 15.5. The molecule has 0 spiro atoms. The van der Waals surface area contributed by atoms with Crippen molar-refractivity contribution in [3.8, 4) is 0 Å². The Hall–Kier alpha value is -2.04. The minimum atomic E-state index is -0.250. The molecule has 5 nitrogen and oxygen atoms in total. The van der Waals surface area contributed by atoms with Gasteiger partial charge in [-0.25, -0.2) is 4.79 Å². The van der Waals surface area contributed by atoms with E-state index in [4.69, 9.17) is 0 Å². The number of urea groups is 1. The minimum Gasteiger partial charge on any atom is -0.341 e. The van der Waals surface area contributed by atoms with E-state index in [-0.39, 0.29) is 17.4 Å². The van der Waals surface area contributed by atoms with Gasteiger partial charge < -0.3 is 16.0 Å². The van der Waals surface area contributed by atoms with Crippen LogP contribution in [-0.4, -0.2) is 19.0 Å². The topological polar surface area (TPSA) is 70.2 Å². The highest BCUT2D eigenvalue weighted by Gasteiger charge is 2.54. The van der Waals surface area contributed by atoms with Crippen LogP contribution in [0, 0.1) is 23.2 Å². The molecule has 24 heavy (non-hydrogen) atoms. The molecule has 4 bridgehead atoms. The van der Waals surface area contributed by atoms with Gasteiger partial charge >= 0.3 is 6.03 Å². The lowest BCUT2D eigenvalue weighted by atomic mass is 9.49. The Bertz CT molecular complexity index is 618. The Labute approximate surface area is 142 Å². The lowest BCUT2D eigenvalue weighted by Crippen LogP contribution is -2.51. The number of anilines is 2. The molecule has 128 valence electrons. The summed E-state index contributed by atoms with van der Waals surface area (Å²) in [4.78, 5) is 24.3. The first-order chi connectivity index (χ1) is 11.6. The summed E-state index contributed by atoms with van der Waals surface area (Å²) in [5.74, 6) is 2.50. The van der Waals surface area contributed by atoms with E-state index in [1.165, 1.54) is 19.3 Å². The van der Waals surface area contributed by atoms with Gasteiger partial charge in [0, 0.05) is 18.4 Å². The molecule has 4 aliphatic rings. The summed E-state index contributed by atoms with van der Waals surface area (Å²) < 4.78 is 0. The van der Waals surface area contributed by atoms with Crippen molar-refractivity contribution in [2.24, 2.45) is 23.2 Å². The maximum Gasteiger partial charge on any atom is 0.318 e. The van der Waals surface area contributed by atoms with E-state index in [9.17, 15) is 9.59 Å². The van der Waals surface area contributed by atoms with E-state index in [0.717, 1.165) is 42.7 Å². The van der Waals surface area contributed by atoms with Crippen molar-refractivity contribution < 1.29 is 9.59 Å². The van der Waals surface area contributed by atoms with Crippen molar-refractivity contribution in [3.63, 3.8) is 0 Å². The van der Waals surface area contributed by atoms with Crippen LogP contribution in [0.15, 0.2) is 24.3 Å². The van der Waals surface area contributed by atoms with Crippen molar-refractivity contribution in [1.82, 2.24) is 5.32 Å². The van der Waals surface area contributed by atoms with Crippen molar-refractivity contribution in [1.29, 1.82) is 0 Å². The number of amides is 3. The predicted octanol–water partition coefficient (Wildman–Crippen LogP) is 3.59. The molecular formula is C19H25N3O2. The molecule has 1 aromatic carbocycles. The minimum absolute atomic E-state index is 0.131. The molecule has 5 heteroatoms. The maximum absolute atomic E-state index is 13.0. The summed E-state index contributed by atoms with van der Waals surface area (Å²) in [7, 11) is 1.58. The van der Waals surface area contributed by atoms with Crippen molar-refractivity contribution in [2.45, 2.75) is 38.5 Å². The average Bonchev–Trinajstić information content (AvgIpc) is 2.55. The second kappa shape index (κ2) is 5.80. The first-order valence-electron chi connectivity index (χ1n) is 8.96. The van der Waals surface area contributed by atoms with Crippen LogP contribution in [-0.2, 0) is 4.79 Å². The standard InChI is InChI=1S/C19H25N3O2/c1-20-18(24)22-16-4-2-15(3-5-16)21-17(23)19-9-12-6-13(10-19)8-14(7-12)11-19/h2-5,12-14H,6-11H2,1H3,(H,21,23)(H2,20,22,24). The SMILES string of the molecule is CNC(=O)Nc1ccc(NC(=O)C23CC4CC(CC(C4)C2)C3)cc1. The smallest absolute Gasteiger partial charge is 0.318 e. The number of carbonyl (C=O) groups is 2. The summed E-state index contributed by atoms with van der Waals surface area (Å²) in [6.45, 7) is 0. The highest BCUT2D eigenvalue weighted by Crippen LogP contribution is 2.60. The predicted molar refractivity (Wildman–Crippen MR) is 93.8 cm³/mol. The Morgan fingerprint density at radius 2 is 1.33 bits per heavy atom. The summed E-state index contributed by atoms with van der Waals surface area (Å²) in [6, 6.07) is 7.07. The van der Waals surface area contributed by atoms with Gasteiger partial charge in [0.05, 0.1) is 5.41 Å². The molecule has 0 atom stereocenters. The fourth-order valence-electron chi connectivity index (χ4n) is 5.48. The van der Waals surface area contributed by atoms with Gasteiger partial charge in [0.2, 0.25) is 5.91 Å². The van der Waals surface area contributed by atoms with Crippen LogP contribution in [0.5, 0.6) is 0 Å². The van der Waals surface area contributed by atoms with Gasteiger partial charge in [0.15, 0.2) is 0 Å². The van der Waals surface area contributed by atoms with Crippen molar-refractivity contribution in [3.05, 3.63) is 24.3 Å². The third-order valence-corrected chi connectivity index (χ3v) is 6.15. The van der Waals surface area contributed by atoms with E-state index in [1.807, 2.05) is 24.3 Å². The van der Waals surface area contributed by atoms with E-state index < -0.39 is 0 Å². The molecule has 4 fully saturated rings. The fourth-order valence-corrected chi connectivity index (χ4v) is 5.48. The fraction of sp³-hybridized carbons (Fsp3) is 0.579. The summed E-state index contributed by atoms with van der Waals surface area (Å²) in [5, 5.41) is 8.36. The molecule has 5 rings (SSSR count). The molecule has 4 aliphatic carbocycles. The third-order valence-electron chi connectivity index (χ3n) is 6.15. The zero-order valence-electron chi connectivity index (χ0n) is 14.1. The van der Waals surface area contributed by atoms with Gasteiger partial charge in [-0.3, -0.25) is 4.79 Å². The van der Waals surface area contributed by atoms with E-state index in [2.05, 4.69) is 16.0 Å². The molecule has 1 aromatic rings. The van der Waals surface area contributed by atoms with E-state index in [0.29, 0.717) is 5.69 Å². The van der Waals surface area contributed by atoms with E-state index >= 15 is 0 Å². The van der Waals surface area contributed by atoms with Crippen LogP contribution < -0.4 is 16.0 Å². The molecule has 0 saturated heterocycles. The zero-order chi connectivity index (χ0) is 16.7. The van der Waals surface area contributed by atoms with Crippen molar-refractivity contribution in [2.75, 3.05) is 17.7 Å². The Morgan fingerprint density at radius 1 is 0.875 bits per heavy atom. The second-order valence-corrected chi connectivity index (χ2v) is 7.93. The molecule has 3 N–H and O–H groups in total. The number of benzene rings is 1. The van der Waals surface area contributed by atoms with Crippen LogP contribution in [0.1, 0.15) is 38.5 Å². The average molecular weight is 327 g/mol. The third kappa shape index (κ3) is 2.76. The quantitative estimate of drug-likeness (QED) is 0.794. The largest absolute Gasteiger partial charge is 0.341 e. The van der Waals surface area contributed by atoms with Gasteiger partial charge in [0.25, 0.3) is 0 Å². The molecule has 3 amide bonds. The van der Waals surface area contributed by atoms with Gasteiger partial charge in [-0.1, -0.05) is 0 Å². The number of carbonyl (C=O) groups excluding carboxylic acids is 2. The highest BCUT2D eigenvalue weighted by atomic mass is 16.2. The first-order valence-corrected chi connectivity index (χ1v) is 8.96. The number of rotatable bonds is 3. The molecule has 0 heterocycles. The van der Waals surface area contributed by atoms with Gasteiger partial charge in [0.1, 0.15) is 0 Å². The summed E-state index contributed by atoms with van der Waals surface area (Å²) in [5.41, 5.74) is 1.38. The number of hydrogen-bond donors (Lipinski definition) is 3. The van der Waals surface area contributed by atoms with Gasteiger partial charge in [-0.15, -0.1) is 0 Å². The van der Waals surface area contributed by atoms with Crippen LogP contribution in [0.3, 0.4) is 0 Å². The Morgan fingerprint density at radius 3 is 1.79 bits per heavy atom. The Balaban J connectivity index is 1.44. The van der Waals surface area contributed by atoms with E-state index in [1.54, 1.807) is 7.05 Å². The summed E-state index contributed by atoms with van der Waals surface area (Å²) in [6.07, 6.45) is 7.23. The zero-order valence-corrected chi connectivity index (χ0v) is 14.1. The molecule has 0 unspecified atom stereocenters. The van der Waals surface area contributed by atoms with Crippen LogP contribution in [0.2, 0.25) is 0 Å².